The van der Waals surface area contributed by atoms with Crippen LogP contribution in [0.5, 0.6) is 0 Å². The number of hydrogen-bond donors (Lipinski definition) is 2. The van der Waals surface area contributed by atoms with E-state index in [0.717, 1.165) is 0 Å². The zero-order valence-electron chi connectivity index (χ0n) is 8.69. The number of carboxylic acids is 1. The van der Waals surface area contributed by atoms with Crippen LogP contribution in [0.3, 0.4) is 0 Å². The Bertz CT molecular complexity index is 401. The van der Waals surface area contributed by atoms with Crippen molar-refractivity contribution >= 4 is 5.97 Å². The summed E-state index contributed by atoms with van der Waals surface area (Å²) < 4.78 is 12.7. The third-order valence-corrected chi connectivity index (χ3v) is 3.22. The molecule has 0 spiro atoms. The molecule has 86 valence electrons. The minimum Gasteiger partial charge on any atom is -0.481 e. The largest absolute Gasteiger partial charge is 0.481 e. The second kappa shape index (κ2) is 3.87. The zero-order chi connectivity index (χ0) is 11.8. The Morgan fingerprint density at radius 2 is 2.00 bits per heavy atom. The predicted molar refractivity (Wildman–Crippen MR) is 55.3 cm³/mol. The van der Waals surface area contributed by atoms with Crippen molar-refractivity contribution in [3.05, 3.63) is 35.6 Å². The van der Waals surface area contributed by atoms with Crippen molar-refractivity contribution in [3.63, 3.8) is 0 Å². The third kappa shape index (κ3) is 1.93. The van der Waals surface area contributed by atoms with Crippen molar-refractivity contribution < 1.29 is 19.4 Å². The Balaban J connectivity index is 2.21. The lowest BCUT2D eigenvalue weighted by molar-refractivity contribution is -0.142. The highest BCUT2D eigenvalue weighted by molar-refractivity contribution is 5.70. The van der Waals surface area contributed by atoms with Crippen molar-refractivity contribution in [2.75, 3.05) is 0 Å². The molecule has 0 aliphatic heterocycles. The highest BCUT2D eigenvalue weighted by Gasteiger charge is 2.41. The maximum absolute atomic E-state index is 12.7. The van der Waals surface area contributed by atoms with Gasteiger partial charge in [-0.3, -0.25) is 4.79 Å². The van der Waals surface area contributed by atoms with Crippen LogP contribution in [0, 0.1) is 11.7 Å². The van der Waals surface area contributed by atoms with Crippen LogP contribution >= 0.6 is 0 Å². The molecule has 1 aliphatic carbocycles. The molecule has 0 aromatic heterocycles. The molecule has 0 saturated heterocycles. The molecule has 1 fully saturated rings. The van der Waals surface area contributed by atoms with Crippen LogP contribution in [0.1, 0.15) is 24.8 Å². The fourth-order valence-corrected chi connectivity index (χ4v) is 2.26. The molecule has 2 rings (SSSR count). The summed E-state index contributed by atoms with van der Waals surface area (Å²) >= 11 is 0. The molecular weight excluding hydrogens is 211 g/mol. The van der Waals surface area contributed by atoms with Gasteiger partial charge in [0.05, 0.1) is 11.5 Å². The molecule has 1 saturated carbocycles. The topological polar surface area (TPSA) is 57.5 Å². The summed E-state index contributed by atoms with van der Waals surface area (Å²) in [5, 5.41) is 19.2. The second-order valence-corrected chi connectivity index (χ2v) is 4.32. The molecule has 2 atom stereocenters. The molecule has 2 N–H and O–H groups in total. The Kier molecular flexibility index (Phi) is 2.68. The molecule has 1 aromatic rings. The molecule has 3 nitrogen and oxygen atoms in total. The SMILES string of the molecule is O=C(O)[C@@H]1CC[C@](O)(c2ccc(F)cc2)C1. The standard InChI is InChI=1S/C12H13FO3/c13-10-3-1-9(2-4-10)12(16)6-5-8(7-12)11(14)15/h1-4,8,16H,5-7H2,(H,14,15)/t8-,12-/m1/s1. The van der Waals surface area contributed by atoms with Gasteiger partial charge >= 0.3 is 5.97 Å². The van der Waals surface area contributed by atoms with Crippen molar-refractivity contribution in [3.8, 4) is 0 Å². The van der Waals surface area contributed by atoms with Crippen LogP contribution in [0.15, 0.2) is 24.3 Å². The van der Waals surface area contributed by atoms with Crippen molar-refractivity contribution in [1.29, 1.82) is 0 Å². The molecule has 1 aromatic carbocycles. The highest BCUT2D eigenvalue weighted by Crippen LogP contribution is 2.42. The number of aliphatic hydroxyl groups is 1. The first kappa shape index (κ1) is 11.1. The number of hydrogen-bond acceptors (Lipinski definition) is 2. The molecule has 4 heteroatoms. The first-order valence-corrected chi connectivity index (χ1v) is 5.22. The van der Waals surface area contributed by atoms with E-state index in [0.29, 0.717) is 18.4 Å². The van der Waals surface area contributed by atoms with Gasteiger partial charge < -0.3 is 10.2 Å². The van der Waals surface area contributed by atoms with E-state index in [-0.39, 0.29) is 12.2 Å². The zero-order valence-corrected chi connectivity index (χ0v) is 8.69. The summed E-state index contributed by atoms with van der Waals surface area (Å²) in [4.78, 5) is 10.8. The van der Waals surface area contributed by atoms with Crippen molar-refractivity contribution in [2.45, 2.75) is 24.9 Å². The number of aliphatic carboxylic acids is 1. The van der Waals surface area contributed by atoms with E-state index in [2.05, 4.69) is 0 Å². The summed E-state index contributed by atoms with van der Waals surface area (Å²) in [6.45, 7) is 0. The van der Waals surface area contributed by atoms with Gasteiger partial charge in [-0.15, -0.1) is 0 Å². The van der Waals surface area contributed by atoms with Crippen LogP contribution in [-0.2, 0) is 10.4 Å². The molecule has 0 unspecified atom stereocenters. The second-order valence-electron chi connectivity index (χ2n) is 4.32. The van der Waals surface area contributed by atoms with E-state index in [1.54, 1.807) is 0 Å². The highest BCUT2D eigenvalue weighted by atomic mass is 19.1. The average molecular weight is 224 g/mol. The first-order chi connectivity index (χ1) is 7.51. The van der Waals surface area contributed by atoms with Crippen molar-refractivity contribution in [2.24, 2.45) is 5.92 Å². The van der Waals surface area contributed by atoms with E-state index in [1.807, 2.05) is 0 Å². The van der Waals surface area contributed by atoms with Gasteiger partial charge in [0, 0.05) is 0 Å². The minimum atomic E-state index is -1.11. The van der Waals surface area contributed by atoms with Gasteiger partial charge in [-0.2, -0.15) is 0 Å². The van der Waals surface area contributed by atoms with Crippen LogP contribution in [-0.4, -0.2) is 16.2 Å². The lowest BCUT2D eigenvalue weighted by Gasteiger charge is -2.22. The fourth-order valence-electron chi connectivity index (χ4n) is 2.26. The van der Waals surface area contributed by atoms with E-state index in [4.69, 9.17) is 5.11 Å². The molecule has 0 heterocycles. The van der Waals surface area contributed by atoms with Gasteiger partial charge in [-0.1, -0.05) is 12.1 Å². The number of rotatable bonds is 2. The molecular formula is C12H13FO3. The molecule has 1 aliphatic rings. The summed E-state index contributed by atoms with van der Waals surface area (Å²) in [6, 6.07) is 5.59. The van der Waals surface area contributed by atoms with Crippen LogP contribution in [0.25, 0.3) is 0 Å². The Morgan fingerprint density at radius 1 is 1.38 bits per heavy atom. The predicted octanol–water partition coefficient (Wildman–Crippen LogP) is 1.90. The lowest BCUT2D eigenvalue weighted by Crippen LogP contribution is -2.23. The summed E-state index contributed by atoms with van der Waals surface area (Å²) in [5.74, 6) is -1.74. The Morgan fingerprint density at radius 3 is 2.50 bits per heavy atom. The van der Waals surface area contributed by atoms with E-state index < -0.39 is 17.5 Å². The fraction of sp³-hybridized carbons (Fsp3) is 0.417. The summed E-state index contributed by atoms with van der Waals surface area (Å²) in [6.07, 6.45) is 1.08. The van der Waals surface area contributed by atoms with Gasteiger partial charge in [0.25, 0.3) is 0 Å². The van der Waals surface area contributed by atoms with Gasteiger partial charge in [-0.05, 0) is 37.0 Å². The molecule has 0 bridgehead atoms. The maximum atomic E-state index is 12.7. The number of carbonyl (C=O) groups is 1. The maximum Gasteiger partial charge on any atom is 0.306 e. The molecule has 0 amide bonds. The number of halogens is 1. The molecule has 0 radical (unpaired) electrons. The van der Waals surface area contributed by atoms with Crippen LogP contribution in [0.4, 0.5) is 4.39 Å². The molecule has 16 heavy (non-hydrogen) atoms. The summed E-state index contributed by atoms with van der Waals surface area (Å²) in [7, 11) is 0. The van der Waals surface area contributed by atoms with Crippen molar-refractivity contribution in [1.82, 2.24) is 0 Å². The number of benzene rings is 1. The minimum absolute atomic E-state index is 0.202. The normalized spacial score (nSPS) is 29.2. The first-order valence-electron chi connectivity index (χ1n) is 5.22. The third-order valence-electron chi connectivity index (χ3n) is 3.22. The smallest absolute Gasteiger partial charge is 0.306 e. The lowest BCUT2D eigenvalue weighted by atomic mass is 9.91. The average Bonchev–Trinajstić information content (AvgIpc) is 2.63. The van der Waals surface area contributed by atoms with Crippen LogP contribution in [0.2, 0.25) is 0 Å². The summed E-state index contributed by atoms with van der Waals surface area (Å²) in [5.41, 5.74) is -0.519. The Labute approximate surface area is 92.5 Å². The van der Waals surface area contributed by atoms with Gasteiger partial charge in [0.2, 0.25) is 0 Å². The number of carboxylic acid groups (broad SMARTS) is 1. The monoisotopic (exact) mass is 224 g/mol. The van der Waals surface area contributed by atoms with E-state index in [9.17, 15) is 14.3 Å². The van der Waals surface area contributed by atoms with Gasteiger partial charge in [0.1, 0.15) is 5.82 Å². The van der Waals surface area contributed by atoms with Crippen LogP contribution < -0.4 is 0 Å². The van der Waals surface area contributed by atoms with E-state index in [1.165, 1.54) is 24.3 Å². The Hall–Kier alpha value is -1.42. The quantitative estimate of drug-likeness (QED) is 0.806. The van der Waals surface area contributed by atoms with Gasteiger partial charge in [-0.25, -0.2) is 4.39 Å². The van der Waals surface area contributed by atoms with Gasteiger partial charge in [0.15, 0.2) is 0 Å². The van der Waals surface area contributed by atoms with E-state index >= 15 is 0 Å².